The number of anilines is 2. The molecule has 1 amide bonds. The lowest BCUT2D eigenvalue weighted by atomic mass is 10.2. The minimum absolute atomic E-state index is 0.0511. The maximum absolute atomic E-state index is 11.6. The van der Waals surface area contributed by atoms with Crippen molar-refractivity contribution in [1.82, 2.24) is 10.2 Å². The van der Waals surface area contributed by atoms with E-state index in [4.69, 9.17) is 0 Å². The maximum Gasteiger partial charge on any atom is 0.225 e. The Bertz CT molecular complexity index is 615. The summed E-state index contributed by atoms with van der Waals surface area (Å²) in [5.74, 6) is 1.36. The molecule has 1 aliphatic rings. The van der Waals surface area contributed by atoms with Gasteiger partial charge in [0, 0.05) is 19.0 Å². The number of carbonyl (C=O) groups excluding carboxylic acids is 1. The molecule has 22 heavy (non-hydrogen) atoms. The molecule has 1 N–H and O–H groups in total. The first kappa shape index (κ1) is 16.7. The van der Waals surface area contributed by atoms with Crippen molar-refractivity contribution in [2.75, 3.05) is 28.3 Å². The molecule has 0 spiro atoms. The summed E-state index contributed by atoms with van der Waals surface area (Å²) in [7, 11) is -2.94. The van der Waals surface area contributed by atoms with Gasteiger partial charge in [-0.15, -0.1) is 10.2 Å². The molecule has 2 rings (SSSR count). The lowest BCUT2D eigenvalue weighted by Crippen LogP contribution is -2.36. The third-order valence-electron chi connectivity index (χ3n) is 3.68. The Morgan fingerprint density at radius 2 is 2.14 bits per heavy atom. The lowest BCUT2D eigenvalue weighted by Gasteiger charge is -2.27. The average Bonchev–Trinajstić information content (AvgIpc) is 2.82. The van der Waals surface area contributed by atoms with E-state index >= 15 is 0 Å². The highest BCUT2D eigenvalue weighted by molar-refractivity contribution is 7.91. The van der Waals surface area contributed by atoms with Crippen molar-refractivity contribution >= 4 is 27.4 Å². The Hall–Kier alpha value is -1.70. The molecule has 2 heterocycles. The second-order valence-corrected chi connectivity index (χ2v) is 7.65. The third kappa shape index (κ3) is 4.16. The van der Waals surface area contributed by atoms with Crippen molar-refractivity contribution in [1.29, 1.82) is 0 Å². The van der Waals surface area contributed by atoms with Crippen molar-refractivity contribution in [2.24, 2.45) is 0 Å². The number of nitrogens with zero attached hydrogens (tertiary/aromatic N) is 3. The zero-order valence-corrected chi connectivity index (χ0v) is 13.8. The molecule has 0 bridgehead atoms. The monoisotopic (exact) mass is 326 g/mol. The molecule has 1 atom stereocenters. The fraction of sp³-hybridized carbons (Fsp3) is 0.643. The summed E-state index contributed by atoms with van der Waals surface area (Å²) in [6, 6.07) is 3.41. The molecule has 1 saturated heterocycles. The largest absolute Gasteiger partial charge is 0.351 e. The number of amides is 1. The van der Waals surface area contributed by atoms with E-state index in [-0.39, 0.29) is 23.5 Å². The Labute approximate surface area is 131 Å². The summed E-state index contributed by atoms with van der Waals surface area (Å²) in [6.45, 7) is 4.56. The number of hydrogen-bond acceptors (Lipinski definition) is 6. The molecule has 7 nitrogen and oxygen atoms in total. The van der Waals surface area contributed by atoms with Crippen LogP contribution in [-0.2, 0) is 14.6 Å². The summed E-state index contributed by atoms with van der Waals surface area (Å²) in [4.78, 5) is 13.5. The smallest absolute Gasteiger partial charge is 0.225 e. The van der Waals surface area contributed by atoms with E-state index in [0.29, 0.717) is 31.0 Å². The highest BCUT2D eigenvalue weighted by atomic mass is 32.2. The number of rotatable bonds is 6. The maximum atomic E-state index is 11.6. The highest BCUT2D eigenvalue weighted by Crippen LogP contribution is 2.22. The first-order valence-electron chi connectivity index (χ1n) is 7.56. The van der Waals surface area contributed by atoms with Crippen LogP contribution in [0.25, 0.3) is 0 Å². The van der Waals surface area contributed by atoms with Crippen LogP contribution in [0.4, 0.5) is 11.6 Å². The van der Waals surface area contributed by atoms with Crippen LogP contribution in [0.15, 0.2) is 12.1 Å². The molecule has 1 unspecified atom stereocenters. The van der Waals surface area contributed by atoms with Crippen LogP contribution in [0.3, 0.4) is 0 Å². The standard InChI is InChI=1S/C14H22N4O3S/c1-3-5-14(19)15-12-6-7-13(17-16-12)18(4-2)11-8-9-22(20,21)10-11/h6-7,11H,3-5,8-10H2,1-2H3,(H,15,16,19). The topological polar surface area (TPSA) is 92.3 Å². The van der Waals surface area contributed by atoms with Crippen molar-refractivity contribution < 1.29 is 13.2 Å². The number of hydrogen-bond donors (Lipinski definition) is 1. The summed E-state index contributed by atoms with van der Waals surface area (Å²) < 4.78 is 23.2. The van der Waals surface area contributed by atoms with E-state index < -0.39 is 9.84 Å². The SMILES string of the molecule is CCCC(=O)Nc1ccc(N(CC)C2CCS(=O)(=O)C2)nn1. The molecule has 1 fully saturated rings. The van der Waals surface area contributed by atoms with Crippen molar-refractivity contribution in [3.63, 3.8) is 0 Å². The molecule has 1 aromatic rings. The van der Waals surface area contributed by atoms with Gasteiger partial charge in [0.25, 0.3) is 0 Å². The van der Waals surface area contributed by atoms with Gasteiger partial charge in [0.15, 0.2) is 21.5 Å². The van der Waals surface area contributed by atoms with Crippen LogP contribution in [0, 0.1) is 0 Å². The van der Waals surface area contributed by atoms with Gasteiger partial charge in [-0.05, 0) is 31.9 Å². The van der Waals surface area contributed by atoms with Gasteiger partial charge < -0.3 is 10.2 Å². The molecule has 1 aliphatic heterocycles. The van der Waals surface area contributed by atoms with Gasteiger partial charge in [0.2, 0.25) is 5.91 Å². The molecule has 0 aliphatic carbocycles. The minimum Gasteiger partial charge on any atom is -0.351 e. The number of aromatic nitrogens is 2. The third-order valence-corrected chi connectivity index (χ3v) is 5.43. The average molecular weight is 326 g/mol. The molecule has 122 valence electrons. The summed E-state index contributed by atoms with van der Waals surface area (Å²) in [5, 5.41) is 10.8. The predicted octanol–water partition coefficient (Wildman–Crippen LogP) is 1.23. The van der Waals surface area contributed by atoms with E-state index in [1.165, 1.54) is 0 Å². The molecular weight excluding hydrogens is 304 g/mol. The number of carbonyl (C=O) groups is 1. The Morgan fingerprint density at radius 1 is 1.36 bits per heavy atom. The zero-order valence-electron chi connectivity index (χ0n) is 12.9. The molecule has 8 heteroatoms. The van der Waals surface area contributed by atoms with Gasteiger partial charge in [-0.2, -0.15) is 0 Å². The molecule has 1 aromatic heterocycles. The second-order valence-electron chi connectivity index (χ2n) is 5.42. The molecule has 0 saturated carbocycles. The van der Waals surface area contributed by atoms with E-state index in [0.717, 1.165) is 6.42 Å². The second kappa shape index (κ2) is 7.04. The first-order valence-corrected chi connectivity index (χ1v) is 9.38. The van der Waals surface area contributed by atoms with Crippen LogP contribution in [-0.4, -0.2) is 48.6 Å². The Kier molecular flexibility index (Phi) is 5.33. The van der Waals surface area contributed by atoms with Gasteiger partial charge in [-0.3, -0.25) is 4.79 Å². The summed E-state index contributed by atoms with van der Waals surface area (Å²) in [5.41, 5.74) is 0. The van der Waals surface area contributed by atoms with Gasteiger partial charge in [-0.1, -0.05) is 6.92 Å². The fourth-order valence-corrected chi connectivity index (χ4v) is 4.34. The van der Waals surface area contributed by atoms with E-state index in [1.807, 2.05) is 18.7 Å². The molecular formula is C14H22N4O3S. The van der Waals surface area contributed by atoms with Gasteiger partial charge >= 0.3 is 0 Å². The van der Waals surface area contributed by atoms with Crippen LogP contribution < -0.4 is 10.2 Å². The van der Waals surface area contributed by atoms with Crippen molar-refractivity contribution in [3.8, 4) is 0 Å². The number of sulfone groups is 1. The Morgan fingerprint density at radius 3 is 2.64 bits per heavy atom. The lowest BCUT2D eigenvalue weighted by molar-refractivity contribution is -0.116. The van der Waals surface area contributed by atoms with Gasteiger partial charge in [0.1, 0.15) is 0 Å². The van der Waals surface area contributed by atoms with Crippen molar-refractivity contribution in [3.05, 3.63) is 12.1 Å². The van der Waals surface area contributed by atoms with Crippen LogP contribution in [0.1, 0.15) is 33.1 Å². The summed E-state index contributed by atoms with van der Waals surface area (Å²) in [6.07, 6.45) is 1.84. The highest BCUT2D eigenvalue weighted by Gasteiger charge is 2.32. The Balaban J connectivity index is 2.06. The van der Waals surface area contributed by atoms with Crippen molar-refractivity contribution in [2.45, 2.75) is 39.2 Å². The quantitative estimate of drug-likeness (QED) is 0.845. The van der Waals surface area contributed by atoms with E-state index in [9.17, 15) is 13.2 Å². The van der Waals surface area contributed by atoms with E-state index in [1.54, 1.807) is 12.1 Å². The van der Waals surface area contributed by atoms with E-state index in [2.05, 4.69) is 15.5 Å². The minimum atomic E-state index is -2.94. The normalized spacial score (nSPS) is 19.8. The van der Waals surface area contributed by atoms with Crippen LogP contribution >= 0.6 is 0 Å². The van der Waals surface area contributed by atoms with Crippen LogP contribution in [0.5, 0.6) is 0 Å². The van der Waals surface area contributed by atoms with Gasteiger partial charge in [-0.25, -0.2) is 8.42 Å². The van der Waals surface area contributed by atoms with Gasteiger partial charge in [0.05, 0.1) is 11.5 Å². The number of nitrogens with one attached hydrogen (secondary N) is 1. The fourth-order valence-electron chi connectivity index (χ4n) is 2.61. The zero-order chi connectivity index (χ0) is 16.2. The predicted molar refractivity (Wildman–Crippen MR) is 85.6 cm³/mol. The van der Waals surface area contributed by atoms with Crippen LogP contribution in [0.2, 0.25) is 0 Å². The first-order chi connectivity index (χ1) is 10.4. The summed E-state index contributed by atoms with van der Waals surface area (Å²) >= 11 is 0. The molecule has 0 radical (unpaired) electrons. The molecule has 0 aromatic carbocycles.